The number of ether oxygens (including phenoxy) is 2. The van der Waals surface area contributed by atoms with Crippen molar-refractivity contribution < 1.29 is 9.47 Å². The van der Waals surface area contributed by atoms with E-state index in [1.165, 1.54) is 51.4 Å². The highest BCUT2D eigenvalue weighted by molar-refractivity contribution is 4.63. The van der Waals surface area contributed by atoms with Gasteiger partial charge in [-0.3, -0.25) is 0 Å². The summed E-state index contributed by atoms with van der Waals surface area (Å²) in [7, 11) is 0. The Labute approximate surface area is 101 Å². The van der Waals surface area contributed by atoms with Gasteiger partial charge in [0.1, 0.15) is 0 Å². The predicted molar refractivity (Wildman–Crippen MR) is 67.7 cm³/mol. The Morgan fingerprint density at radius 2 is 1.56 bits per heavy atom. The highest BCUT2D eigenvalue weighted by Crippen LogP contribution is 2.11. The van der Waals surface area contributed by atoms with Gasteiger partial charge in [-0.15, -0.1) is 0 Å². The van der Waals surface area contributed by atoms with Crippen LogP contribution in [0.2, 0.25) is 0 Å². The van der Waals surface area contributed by atoms with E-state index in [0.717, 1.165) is 26.4 Å². The highest BCUT2D eigenvalue weighted by atomic mass is 16.5. The van der Waals surface area contributed by atoms with Gasteiger partial charge in [0.15, 0.2) is 0 Å². The van der Waals surface area contributed by atoms with Crippen LogP contribution in [-0.2, 0) is 9.47 Å². The molecular formula is C14H28O2. The first-order valence-corrected chi connectivity index (χ1v) is 7.09. The molecule has 0 aromatic rings. The smallest absolute Gasteiger partial charge is 0.0538 e. The largest absolute Gasteiger partial charge is 0.381 e. The number of rotatable bonds is 11. The SMILES string of the molecule is CCCCCCCCCCOCC1COC1. The average molecular weight is 228 g/mol. The molecule has 0 saturated carbocycles. The van der Waals surface area contributed by atoms with Crippen molar-refractivity contribution in [2.75, 3.05) is 26.4 Å². The van der Waals surface area contributed by atoms with Gasteiger partial charge in [0.25, 0.3) is 0 Å². The lowest BCUT2D eigenvalue weighted by Crippen LogP contribution is -2.31. The molecule has 0 aliphatic carbocycles. The quantitative estimate of drug-likeness (QED) is 0.501. The van der Waals surface area contributed by atoms with E-state index in [9.17, 15) is 0 Å². The summed E-state index contributed by atoms with van der Waals surface area (Å²) in [6.45, 7) is 5.96. The Kier molecular flexibility index (Phi) is 8.83. The van der Waals surface area contributed by atoms with E-state index in [1.807, 2.05) is 0 Å². The van der Waals surface area contributed by atoms with Crippen molar-refractivity contribution in [1.29, 1.82) is 0 Å². The molecule has 1 fully saturated rings. The van der Waals surface area contributed by atoms with E-state index in [4.69, 9.17) is 9.47 Å². The Morgan fingerprint density at radius 3 is 2.12 bits per heavy atom. The minimum atomic E-state index is 0.689. The molecule has 0 N–H and O–H groups in total. The van der Waals surface area contributed by atoms with Gasteiger partial charge in [0, 0.05) is 12.5 Å². The van der Waals surface area contributed by atoms with E-state index in [2.05, 4.69) is 6.92 Å². The molecule has 0 bridgehead atoms. The summed E-state index contributed by atoms with van der Waals surface area (Å²) in [5.74, 6) is 0.689. The van der Waals surface area contributed by atoms with Crippen LogP contribution in [0.25, 0.3) is 0 Å². The molecule has 0 aromatic carbocycles. The third-order valence-corrected chi connectivity index (χ3v) is 3.20. The molecule has 0 spiro atoms. The molecule has 0 atom stereocenters. The van der Waals surface area contributed by atoms with E-state index in [-0.39, 0.29) is 0 Å². The first-order valence-electron chi connectivity index (χ1n) is 7.09. The van der Waals surface area contributed by atoms with E-state index < -0.39 is 0 Å². The van der Waals surface area contributed by atoms with E-state index >= 15 is 0 Å². The van der Waals surface area contributed by atoms with Crippen LogP contribution in [0.1, 0.15) is 58.3 Å². The van der Waals surface area contributed by atoms with Gasteiger partial charge in [-0.2, -0.15) is 0 Å². The fourth-order valence-electron chi connectivity index (χ4n) is 1.97. The standard InChI is InChI=1S/C14H28O2/c1-2-3-4-5-6-7-8-9-10-15-11-14-12-16-13-14/h14H,2-13H2,1H3. The van der Waals surface area contributed by atoms with Crippen LogP contribution in [0, 0.1) is 5.92 Å². The van der Waals surface area contributed by atoms with Gasteiger partial charge >= 0.3 is 0 Å². The van der Waals surface area contributed by atoms with Gasteiger partial charge < -0.3 is 9.47 Å². The minimum absolute atomic E-state index is 0.689. The molecule has 2 nitrogen and oxygen atoms in total. The second kappa shape index (κ2) is 10.1. The maximum absolute atomic E-state index is 5.60. The van der Waals surface area contributed by atoms with Crippen LogP contribution < -0.4 is 0 Å². The predicted octanol–water partition coefficient (Wildman–Crippen LogP) is 3.79. The van der Waals surface area contributed by atoms with Crippen molar-refractivity contribution in [3.63, 3.8) is 0 Å². The maximum Gasteiger partial charge on any atom is 0.0538 e. The molecule has 96 valence electrons. The molecule has 0 radical (unpaired) electrons. The zero-order valence-corrected chi connectivity index (χ0v) is 10.9. The first-order chi connectivity index (χ1) is 7.93. The van der Waals surface area contributed by atoms with Crippen molar-refractivity contribution in [3.05, 3.63) is 0 Å². The van der Waals surface area contributed by atoms with Crippen molar-refractivity contribution in [2.24, 2.45) is 5.92 Å². The summed E-state index contributed by atoms with van der Waals surface area (Å²) < 4.78 is 10.7. The Morgan fingerprint density at radius 1 is 0.938 bits per heavy atom. The lowest BCUT2D eigenvalue weighted by Gasteiger charge is -2.25. The summed E-state index contributed by atoms with van der Waals surface area (Å²) in [4.78, 5) is 0. The molecule has 1 rings (SSSR count). The Balaban J connectivity index is 1.65. The molecule has 1 heterocycles. The van der Waals surface area contributed by atoms with Crippen LogP contribution in [0.5, 0.6) is 0 Å². The molecule has 1 aliphatic heterocycles. The molecule has 1 saturated heterocycles. The van der Waals surface area contributed by atoms with Crippen LogP contribution in [0.3, 0.4) is 0 Å². The van der Waals surface area contributed by atoms with E-state index in [0.29, 0.717) is 5.92 Å². The molecule has 2 heteroatoms. The zero-order valence-electron chi connectivity index (χ0n) is 10.9. The lowest BCUT2D eigenvalue weighted by atomic mass is 10.1. The topological polar surface area (TPSA) is 18.5 Å². The third kappa shape index (κ3) is 7.24. The van der Waals surface area contributed by atoms with Gasteiger partial charge in [0.05, 0.1) is 19.8 Å². The molecule has 16 heavy (non-hydrogen) atoms. The second-order valence-corrected chi connectivity index (χ2v) is 4.95. The van der Waals surface area contributed by atoms with Gasteiger partial charge in [0.2, 0.25) is 0 Å². The number of hydrogen-bond acceptors (Lipinski definition) is 2. The summed E-state index contributed by atoms with van der Waals surface area (Å²) in [5, 5.41) is 0. The average Bonchev–Trinajstić information content (AvgIpc) is 2.23. The third-order valence-electron chi connectivity index (χ3n) is 3.20. The summed E-state index contributed by atoms with van der Waals surface area (Å²) in [6, 6.07) is 0. The van der Waals surface area contributed by atoms with Crippen molar-refractivity contribution >= 4 is 0 Å². The van der Waals surface area contributed by atoms with Gasteiger partial charge in [-0.25, -0.2) is 0 Å². The fraction of sp³-hybridized carbons (Fsp3) is 1.00. The summed E-state index contributed by atoms with van der Waals surface area (Å²) >= 11 is 0. The maximum atomic E-state index is 5.60. The molecule has 0 unspecified atom stereocenters. The molecule has 1 aliphatic rings. The van der Waals surface area contributed by atoms with Crippen molar-refractivity contribution in [2.45, 2.75) is 58.3 Å². The second-order valence-electron chi connectivity index (χ2n) is 4.95. The van der Waals surface area contributed by atoms with Gasteiger partial charge in [-0.1, -0.05) is 51.9 Å². The van der Waals surface area contributed by atoms with Crippen LogP contribution >= 0.6 is 0 Å². The monoisotopic (exact) mass is 228 g/mol. The zero-order chi connectivity index (χ0) is 11.5. The minimum Gasteiger partial charge on any atom is -0.381 e. The summed E-state index contributed by atoms with van der Waals surface area (Å²) in [5.41, 5.74) is 0. The Hall–Kier alpha value is -0.0800. The number of hydrogen-bond donors (Lipinski definition) is 0. The van der Waals surface area contributed by atoms with Crippen molar-refractivity contribution in [3.8, 4) is 0 Å². The molecule has 0 amide bonds. The van der Waals surface area contributed by atoms with Gasteiger partial charge in [-0.05, 0) is 6.42 Å². The Bertz CT molecular complexity index is 144. The molecular weight excluding hydrogens is 200 g/mol. The van der Waals surface area contributed by atoms with Crippen LogP contribution in [0.4, 0.5) is 0 Å². The summed E-state index contributed by atoms with van der Waals surface area (Å²) in [6.07, 6.45) is 11.0. The van der Waals surface area contributed by atoms with Crippen molar-refractivity contribution in [1.82, 2.24) is 0 Å². The van der Waals surface area contributed by atoms with Crippen LogP contribution in [0.15, 0.2) is 0 Å². The lowest BCUT2D eigenvalue weighted by molar-refractivity contribution is -0.0718. The van der Waals surface area contributed by atoms with E-state index in [1.54, 1.807) is 0 Å². The molecule has 0 aromatic heterocycles. The van der Waals surface area contributed by atoms with Crippen LogP contribution in [-0.4, -0.2) is 26.4 Å². The number of unbranched alkanes of at least 4 members (excludes halogenated alkanes) is 7. The first kappa shape index (κ1) is 14.0. The highest BCUT2D eigenvalue weighted by Gasteiger charge is 2.17. The normalized spacial score (nSPS) is 16.3. The fourth-order valence-corrected chi connectivity index (χ4v) is 1.97.